The van der Waals surface area contributed by atoms with Gasteiger partial charge in [-0.25, -0.2) is 14.6 Å². The Bertz CT molecular complexity index is 591. The molecule has 2 heterocycles. The van der Waals surface area contributed by atoms with Crippen LogP contribution in [0.4, 0.5) is 10.5 Å². The van der Waals surface area contributed by atoms with Gasteiger partial charge < -0.3 is 20.7 Å². The minimum Gasteiger partial charge on any atom is -0.480 e. The molecule has 0 aliphatic rings. The van der Waals surface area contributed by atoms with E-state index in [1.54, 1.807) is 13.2 Å². The summed E-state index contributed by atoms with van der Waals surface area (Å²) in [7, 11) is 1.71. The van der Waals surface area contributed by atoms with Crippen LogP contribution in [-0.2, 0) is 18.3 Å². The van der Waals surface area contributed by atoms with E-state index in [2.05, 4.69) is 25.7 Å². The number of carbonyl (C=O) groups is 2. The number of nitrogens with one attached hydrogen (secondary N) is 3. The zero-order valence-corrected chi connectivity index (χ0v) is 10.7. The molecule has 106 valence electrons. The molecule has 2 aromatic heterocycles. The van der Waals surface area contributed by atoms with Crippen molar-refractivity contribution in [3.63, 3.8) is 0 Å². The number of imidazole rings is 1. The van der Waals surface area contributed by atoms with Gasteiger partial charge in [-0.15, -0.1) is 0 Å². The van der Waals surface area contributed by atoms with Crippen molar-refractivity contribution in [1.82, 2.24) is 25.1 Å². The second kappa shape index (κ2) is 5.87. The number of hydrogen-bond acceptors (Lipinski definition) is 4. The number of aromatic amines is 1. The average Bonchev–Trinajstić information content (AvgIpc) is 3.00. The van der Waals surface area contributed by atoms with Gasteiger partial charge in [0, 0.05) is 31.6 Å². The third-order valence-corrected chi connectivity index (χ3v) is 2.55. The fourth-order valence-electron chi connectivity index (χ4n) is 1.63. The number of carbonyl (C=O) groups excluding carboxylic acids is 1. The number of aliphatic carboxylic acids is 1. The van der Waals surface area contributed by atoms with Crippen LogP contribution in [0, 0.1) is 0 Å². The molecular weight excluding hydrogens is 264 g/mol. The summed E-state index contributed by atoms with van der Waals surface area (Å²) in [4.78, 5) is 29.4. The van der Waals surface area contributed by atoms with Crippen LogP contribution in [0.25, 0.3) is 0 Å². The highest BCUT2D eigenvalue weighted by molar-refractivity contribution is 5.92. The van der Waals surface area contributed by atoms with Crippen LogP contribution in [-0.4, -0.2) is 42.9 Å². The maximum atomic E-state index is 11.7. The number of urea groups is 1. The number of amides is 2. The van der Waals surface area contributed by atoms with Gasteiger partial charge in [0.15, 0.2) is 0 Å². The Morgan fingerprint density at radius 2 is 2.30 bits per heavy atom. The summed E-state index contributed by atoms with van der Waals surface area (Å²) in [6.45, 7) is 0. The first kappa shape index (κ1) is 13.6. The largest absolute Gasteiger partial charge is 0.480 e. The highest BCUT2D eigenvalue weighted by Gasteiger charge is 2.21. The van der Waals surface area contributed by atoms with Gasteiger partial charge >= 0.3 is 12.0 Å². The van der Waals surface area contributed by atoms with E-state index in [0.29, 0.717) is 11.4 Å². The monoisotopic (exact) mass is 278 g/mol. The first-order chi connectivity index (χ1) is 9.54. The predicted molar refractivity (Wildman–Crippen MR) is 69.1 cm³/mol. The van der Waals surface area contributed by atoms with Crippen molar-refractivity contribution < 1.29 is 14.7 Å². The lowest BCUT2D eigenvalue weighted by atomic mass is 10.2. The summed E-state index contributed by atoms with van der Waals surface area (Å²) in [6.07, 6.45) is 6.14. The van der Waals surface area contributed by atoms with Crippen molar-refractivity contribution in [1.29, 1.82) is 0 Å². The fourth-order valence-corrected chi connectivity index (χ4v) is 1.63. The first-order valence-electron chi connectivity index (χ1n) is 5.81. The molecule has 0 saturated carbocycles. The number of anilines is 1. The molecule has 9 nitrogen and oxygen atoms in total. The van der Waals surface area contributed by atoms with Crippen molar-refractivity contribution in [2.45, 2.75) is 12.5 Å². The molecular formula is C11H14N6O3. The molecule has 2 amide bonds. The molecule has 0 aromatic carbocycles. The van der Waals surface area contributed by atoms with E-state index in [1.165, 1.54) is 23.4 Å². The molecule has 0 aliphatic heterocycles. The molecule has 20 heavy (non-hydrogen) atoms. The fraction of sp³-hybridized carbons (Fsp3) is 0.273. The predicted octanol–water partition coefficient (Wildman–Crippen LogP) is -0.0394. The second-order valence-electron chi connectivity index (χ2n) is 4.17. The molecule has 2 aromatic rings. The topological polar surface area (TPSA) is 125 Å². The zero-order chi connectivity index (χ0) is 14.5. The van der Waals surface area contributed by atoms with Crippen molar-refractivity contribution >= 4 is 17.7 Å². The number of hydrogen-bond donors (Lipinski definition) is 4. The van der Waals surface area contributed by atoms with Gasteiger partial charge in [0.2, 0.25) is 0 Å². The van der Waals surface area contributed by atoms with Crippen LogP contribution in [0.1, 0.15) is 5.69 Å². The van der Waals surface area contributed by atoms with Gasteiger partial charge in [0.25, 0.3) is 0 Å². The van der Waals surface area contributed by atoms with E-state index < -0.39 is 18.0 Å². The molecule has 0 aliphatic carbocycles. The SMILES string of the molecule is Cn1cc(NC(=O)N[C@H](Cc2cnc[nH]2)C(=O)O)cn1. The highest BCUT2D eigenvalue weighted by atomic mass is 16.4. The lowest BCUT2D eigenvalue weighted by Crippen LogP contribution is -2.44. The molecule has 0 radical (unpaired) electrons. The Hall–Kier alpha value is -2.84. The van der Waals surface area contributed by atoms with Crippen molar-refractivity contribution in [3.05, 3.63) is 30.6 Å². The van der Waals surface area contributed by atoms with Crippen LogP contribution in [0.2, 0.25) is 0 Å². The number of nitrogens with zero attached hydrogens (tertiary/aromatic N) is 3. The van der Waals surface area contributed by atoms with Gasteiger partial charge in [0.1, 0.15) is 6.04 Å². The summed E-state index contributed by atoms with van der Waals surface area (Å²) < 4.78 is 1.52. The van der Waals surface area contributed by atoms with Gasteiger partial charge in [-0.3, -0.25) is 4.68 Å². The number of H-pyrrole nitrogens is 1. The van der Waals surface area contributed by atoms with Crippen LogP contribution in [0.15, 0.2) is 24.9 Å². The lowest BCUT2D eigenvalue weighted by molar-refractivity contribution is -0.139. The van der Waals surface area contributed by atoms with E-state index in [9.17, 15) is 9.59 Å². The van der Waals surface area contributed by atoms with E-state index >= 15 is 0 Å². The Labute approximate surface area is 114 Å². The number of carboxylic acids is 1. The van der Waals surface area contributed by atoms with Gasteiger partial charge in [-0.05, 0) is 0 Å². The molecule has 0 saturated heterocycles. The molecule has 9 heteroatoms. The summed E-state index contributed by atoms with van der Waals surface area (Å²) >= 11 is 0. The van der Waals surface area contributed by atoms with Crippen LogP contribution in [0.5, 0.6) is 0 Å². The Morgan fingerprint density at radius 1 is 1.50 bits per heavy atom. The van der Waals surface area contributed by atoms with Crippen molar-refractivity contribution in [2.24, 2.45) is 7.05 Å². The molecule has 0 bridgehead atoms. The number of aryl methyl sites for hydroxylation is 1. The smallest absolute Gasteiger partial charge is 0.326 e. The molecule has 4 N–H and O–H groups in total. The van der Waals surface area contributed by atoms with Crippen molar-refractivity contribution in [2.75, 3.05) is 5.32 Å². The van der Waals surface area contributed by atoms with Crippen LogP contribution >= 0.6 is 0 Å². The molecule has 0 fully saturated rings. The van der Waals surface area contributed by atoms with Crippen molar-refractivity contribution in [3.8, 4) is 0 Å². The average molecular weight is 278 g/mol. The third kappa shape index (κ3) is 3.57. The summed E-state index contributed by atoms with van der Waals surface area (Å²) in [5.41, 5.74) is 1.11. The molecule has 0 spiro atoms. The Morgan fingerprint density at radius 3 is 2.85 bits per heavy atom. The summed E-state index contributed by atoms with van der Waals surface area (Å²) in [5, 5.41) is 17.9. The number of aromatic nitrogens is 4. The van der Waals surface area contributed by atoms with Gasteiger partial charge in [0.05, 0.1) is 18.2 Å². The van der Waals surface area contributed by atoms with E-state index in [1.807, 2.05) is 0 Å². The van der Waals surface area contributed by atoms with Crippen LogP contribution in [0.3, 0.4) is 0 Å². The van der Waals surface area contributed by atoms with E-state index in [-0.39, 0.29) is 6.42 Å². The zero-order valence-electron chi connectivity index (χ0n) is 10.7. The number of carboxylic acid groups (broad SMARTS) is 1. The van der Waals surface area contributed by atoms with Gasteiger partial charge in [-0.1, -0.05) is 0 Å². The lowest BCUT2D eigenvalue weighted by Gasteiger charge is -2.13. The third-order valence-electron chi connectivity index (χ3n) is 2.55. The minimum atomic E-state index is -1.12. The first-order valence-corrected chi connectivity index (χ1v) is 5.81. The summed E-state index contributed by atoms with van der Waals surface area (Å²) in [6, 6.07) is -1.66. The standard InChI is InChI=1S/C11H14N6O3/c1-17-5-8(4-14-17)15-11(20)16-9(10(18)19)2-7-3-12-6-13-7/h3-6,9H,2H2,1H3,(H,12,13)(H,18,19)(H2,15,16,20)/t9-/m1/s1. The quantitative estimate of drug-likeness (QED) is 0.610. The van der Waals surface area contributed by atoms with E-state index in [0.717, 1.165) is 0 Å². The molecule has 2 rings (SSSR count). The Kier molecular flexibility index (Phi) is 3.99. The van der Waals surface area contributed by atoms with E-state index in [4.69, 9.17) is 5.11 Å². The number of rotatable bonds is 5. The second-order valence-corrected chi connectivity index (χ2v) is 4.17. The molecule has 0 unspecified atom stereocenters. The maximum Gasteiger partial charge on any atom is 0.326 e. The highest BCUT2D eigenvalue weighted by Crippen LogP contribution is 2.04. The summed E-state index contributed by atoms with van der Waals surface area (Å²) in [5.74, 6) is -1.12. The maximum absolute atomic E-state index is 11.7. The molecule has 1 atom stereocenters. The minimum absolute atomic E-state index is 0.121. The normalized spacial score (nSPS) is 11.8. The Balaban J connectivity index is 1.94. The van der Waals surface area contributed by atoms with Crippen LogP contribution < -0.4 is 10.6 Å². The van der Waals surface area contributed by atoms with Gasteiger partial charge in [-0.2, -0.15) is 5.10 Å².